The number of aromatic nitrogens is 3. The third kappa shape index (κ3) is 12.8. The number of anilines is 1. The summed E-state index contributed by atoms with van der Waals surface area (Å²) in [4.78, 5) is 31.6. The van der Waals surface area contributed by atoms with Gasteiger partial charge in [-0.1, -0.05) is 45.4 Å². The first-order valence-electron chi connectivity index (χ1n) is 16.5. The van der Waals surface area contributed by atoms with Gasteiger partial charge in [0.25, 0.3) is 0 Å². The van der Waals surface area contributed by atoms with E-state index in [4.69, 9.17) is 34.8 Å². The zero-order valence-corrected chi connectivity index (χ0v) is 27.9. The van der Waals surface area contributed by atoms with Crippen LogP contribution < -0.4 is 11.1 Å². The average molecular weight is 644 g/mol. The number of aliphatic carboxylic acids is 1. The van der Waals surface area contributed by atoms with Crippen LogP contribution in [0.25, 0.3) is 21.9 Å². The number of nitrogen functional groups attached to an aromatic ring is 1. The Balaban J connectivity index is 1.26. The summed E-state index contributed by atoms with van der Waals surface area (Å²) in [5.41, 5.74) is 8.95. The Morgan fingerprint density at radius 2 is 1.57 bits per heavy atom. The lowest BCUT2D eigenvalue weighted by Gasteiger charge is -2.26. The summed E-state index contributed by atoms with van der Waals surface area (Å²) in [6.07, 6.45) is 5.13. The predicted octanol–water partition coefficient (Wildman–Crippen LogP) is 4.75. The van der Waals surface area contributed by atoms with E-state index in [1.54, 1.807) is 0 Å². The second-order valence-electron chi connectivity index (χ2n) is 12.3. The number of carboxylic acid groups (broad SMARTS) is 1. The minimum atomic E-state index is -0.886. The highest BCUT2D eigenvalue weighted by atomic mass is 16.5. The number of aryl methyl sites for hydroxylation is 1. The van der Waals surface area contributed by atoms with Gasteiger partial charge in [0.05, 0.1) is 44.1 Å². The number of rotatable bonds is 25. The fourth-order valence-corrected chi connectivity index (χ4v) is 5.12. The van der Waals surface area contributed by atoms with Gasteiger partial charge < -0.3 is 39.7 Å². The van der Waals surface area contributed by atoms with Crippen LogP contribution in [-0.2, 0) is 41.5 Å². The number of carbonyl (C=O) groups is 2. The number of nitrogens with one attached hydrogen (secondary N) is 1. The highest BCUT2D eigenvalue weighted by molar-refractivity contribution is 6.06. The van der Waals surface area contributed by atoms with E-state index in [0.717, 1.165) is 60.0 Å². The zero-order valence-electron chi connectivity index (χ0n) is 27.9. The summed E-state index contributed by atoms with van der Waals surface area (Å²) in [5.74, 6) is 0.503. The Morgan fingerprint density at radius 3 is 2.28 bits per heavy atom. The van der Waals surface area contributed by atoms with Gasteiger partial charge in [-0.25, -0.2) is 9.97 Å². The molecule has 0 atom stereocenters. The highest BCUT2D eigenvalue weighted by Crippen LogP contribution is 2.32. The number of fused-ring (bicyclic) bond motifs is 3. The van der Waals surface area contributed by atoms with E-state index in [1.807, 2.05) is 18.2 Å². The number of hydrogen-bond donors (Lipinski definition) is 3. The fourth-order valence-electron chi connectivity index (χ4n) is 5.12. The molecular weight excluding hydrogens is 590 g/mol. The Bertz CT molecular complexity index is 1360. The van der Waals surface area contributed by atoms with E-state index in [-0.39, 0.29) is 24.2 Å². The summed E-state index contributed by atoms with van der Waals surface area (Å²) in [5, 5.41) is 12.4. The van der Waals surface area contributed by atoms with Gasteiger partial charge in [-0.3, -0.25) is 9.59 Å². The van der Waals surface area contributed by atoms with Crippen molar-refractivity contribution in [3.8, 4) is 0 Å². The third-order valence-corrected chi connectivity index (χ3v) is 7.43. The molecule has 0 aliphatic rings. The summed E-state index contributed by atoms with van der Waals surface area (Å²) in [6.45, 7) is 12.2. The van der Waals surface area contributed by atoms with E-state index in [0.29, 0.717) is 78.1 Å². The topological polar surface area (TPSA) is 160 Å². The molecule has 256 valence electrons. The first-order chi connectivity index (χ1) is 22.2. The van der Waals surface area contributed by atoms with Crippen LogP contribution in [0.15, 0.2) is 24.3 Å². The van der Waals surface area contributed by atoms with Crippen LogP contribution in [0, 0.1) is 5.41 Å². The molecule has 0 aliphatic carbocycles. The van der Waals surface area contributed by atoms with Crippen molar-refractivity contribution in [1.29, 1.82) is 0 Å². The molecule has 0 saturated carbocycles. The van der Waals surface area contributed by atoms with Gasteiger partial charge in [0, 0.05) is 63.0 Å². The first-order valence-corrected chi connectivity index (χ1v) is 16.5. The number of ether oxygens (including phenoxy) is 4. The summed E-state index contributed by atoms with van der Waals surface area (Å²) >= 11 is 0. The first kappa shape index (κ1) is 37.1. The number of carbonyl (C=O) groups excluding carboxylic acids is 1. The van der Waals surface area contributed by atoms with Crippen LogP contribution in [0.2, 0.25) is 0 Å². The third-order valence-electron chi connectivity index (χ3n) is 7.43. The Labute approximate surface area is 272 Å². The average Bonchev–Trinajstić information content (AvgIpc) is 3.37. The highest BCUT2D eigenvalue weighted by Gasteiger charge is 2.24. The SMILES string of the molecule is CCCCc1nc2c(N)nc3ccccc3c2n1CC(C)(C)COCCCOCCOCCOCCCNC(=O)CCCC(=O)O. The van der Waals surface area contributed by atoms with Crippen molar-refractivity contribution in [3.63, 3.8) is 0 Å². The Kier molecular flexibility index (Phi) is 16.2. The molecule has 1 aromatic carbocycles. The maximum absolute atomic E-state index is 11.6. The van der Waals surface area contributed by atoms with Crippen molar-refractivity contribution in [2.24, 2.45) is 5.41 Å². The molecule has 12 nitrogen and oxygen atoms in total. The van der Waals surface area contributed by atoms with Crippen molar-refractivity contribution in [1.82, 2.24) is 19.9 Å². The van der Waals surface area contributed by atoms with Crippen LogP contribution >= 0.6 is 0 Å². The second kappa shape index (κ2) is 20.0. The zero-order chi connectivity index (χ0) is 33.2. The van der Waals surface area contributed by atoms with Crippen molar-refractivity contribution in [2.45, 2.75) is 78.7 Å². The van der Waals surface area contributed by atoms with E-state index in [2.05, 4.69) is 41.7 Å². The molecule has 0 radical (unpaired) electrons. The van der Waals surface area contributed by atoms with Gasteiger partial charge in [-0.2, -0.15) is 0 Å². The normalized spacial score (nSPS) is 11.9. The minimum absolute atomic E-state index is 0.00847. The standard InChI is InChI=1S/C34H53N5O7/c1-4-5-13-28-38-31-32(26-11-6-7-12-27(26)37-33(31)35)39(28)24-34(2,3)25-46-19-10-18-44-21-23-45-22-20-43-17-9-16-36-29(40)14-8-15-30(41)42/h6-7,11-12H,4-5,8-10,13-25H2,1-3H3,(H2,35,37)(H,36,40)(H,41,42). The van der Waals surface area contributed by atoms with Crippen LogP contribution in [0.4, 0.5) is 5.82 Å². The number of pyridine rings is 1. The van der Waals surface area contributed by atoms with E-state index in [1.165, 1.54) is 0 Å². The minimum Gasteiger partial charge on any atom is -0.481 e. The molecule has 46 heavy (non-hydrogen) atoms. The van der Waals surface area contributed by atoms with Crippen LogP contribution in [0.1, 0.15) is 71.5 Å². The number of nitrogens with two attached hydrogens (primary N) is 1. The maximum Gasteiger partial charge on any atom is 0.303 e. The van der Waals surface area contributed by atoms with Crippen LogP contribution in [-0.4, -0.2) is 90.9 Å². The fraction of sp³-hybridized carbons (Fsp3) is 0.647. The molecule has 0 bridgehead atoms. The number of nitrogens with zero attached hydrogens (tertiary/aromatic N) is 3. The van der Waals surface area contributed by atoms with Crippen molar-refractivity contribution < 1.29 is 33.6 Å². The van der Waals surface area contributed by atoms with Gasteiger partial charge in [-0.05, 0) is 31.7 Å². The van der Waals surface area contributed by atoms with E-state index < -0.39 is 5.97 Å². The van der Waals surface area contributed by atoms with Gasteiger partial charge in [0.2, 0.25) is 5.91 Å². The monoisotopic (exact) mass is 643 g/mol. The molecule has 12 heteroatoms. The quantitative estimate of drug-likeness (QED) is 0.110. The summed E-state index contributed by atoms with van der Waals surface area (Å²) in [6, 6.07) is 8.11. The van der Waals surface area contributed by atoms with E-state index >= 15 is 0 Å². The molecule has 2 heterocycles. The van der Waals surface area contributed by atoms with Gasteiger partial charge >= 0.3 is 5.97 Å². The van der Waals surface area contributed by atoms with Gasteiger partial charge in [-0.15, -0.1) is 0 Å². The summed E-state index contributed by atoms with van der Waals surface area (Å²) in [7, 11) is 0. The molecule has 0 saturated heterocycles. The number of benzene rings is 1. The molecule has 1 amide bonds. The van der Waals surface area contributed by atoms with Crippen LogP contribution in [0.5, 0.6) is 0 Å². The molecular formula is C34H53N5O7. The van der Waals surface area contributed by atoms with Gasteiger partial charge in [0.15, 0.2) is 5.82 Å². The summed E-state index contributed by atoms with van der Waals surface area (Å²) < 4.78 is 25.1. The molecule has 0 spiro atoms. The van der Waals surface area contributed by atoms with Crippen molar-refractivity contribution in [3.05, 3.63) is 30.1 Å². The Hall–Kier alpha value is -3.32. The smallest absolute Gasteiger partial charge is 0.303 e. The second-order valence-corrected chi connectivity index (χ2v) is 12.3. The number of para-hydroxylation sites is 1. The van der Waals surface area contributed by atoms with E-state index in [9.17, 15) is 9.59 Å². The number of imidazole rings is 1. The maximum atomic E-state index is 11.6. The predicted molar refractivity (Wildman–Crippen MR) is 179 cm³/mol. The number of carboxylic acids is 1. The molecule has 3 rings (SSSR count). The van der Waals surface area contributed by atoms with Crippen molar-refractivity contribution >= 4 is 39.6 Å². The Morgan fingerprint density at radius 1 is 0.891 bits per heavy atom. The van der Waals surface area contributed by atoms with Gasteiger partial charge in [0.1, 0.15) is 11.3 Å². The largest absolute Gasteiger partial charge is 0.481 e. The molecule has 0 fully saturated rings. The molecule has 2 aromatic heterocycles. The van der Waals surface area contributed by atoms with Crippen LogP contribution in [0.3, 0.4) is 0 Å². The van der Waals surface area contributed by atoms with Crippen molar-refractivity contribution in [2.75, 3.05) is 65.1 Å². The lowest BCUT2D eigenvalue weighted by atomic mass is 9.94. The molecule has 4 N–H and O–H groups in total. The molecule has 0 unspecified atom stereocenters. The molecule has 3 aromatic rings. The lowest BCUT2D eigenvalue weighted by molar-refractivity contribution is -0.137. The number of unbranched alkanes of at least 4 members (excludes halogenated alkanes) is 1. The lowest BCUT2D eigenvalue weighted by Crippen LogP contribution is -2.27. The number of hydrogen-bond acceptors (Lipinski definition) is 9. The number of amides is 1. The molecule has 0 aliphatic heterocycles.